The van der Waals surface area contributed by atoms with Crippen molar-refractivity contribution in [2.45, 2.75) is 117 Å². The van der Waals surface area contributed by atoms with Gasteiger partial charge in [0.2, 0.25) is 0 Å². The molecule has 0 bridgehead atoms. The number of alkyl halides is 1. The molecule has 9 unspecified atom stereocenters. The highest BCUT2D eigenvalue weighted by Gasteiger charge is 2.63. The molecule has 4 rings (SSSR count). The first kappa shape index (κ1) is 23.1. The van der Waals surface area contributed by atoms with Gasteiger partial charge in [-0.05, 0) is 109 Å². The number of hydrogen-bond donors (Lipinski definition) is 0. The zero-order chi connectivity index (χ0) is 21.7. The van der Waals surface area contributed by atoms with Gasteiger partial charge in [0.1, 0.15) is 0 Å². The minimum atomic E-state index is -0.831. The first-order chi connectivity index (χ1) is 14.2. The van der Waals surface area contributed by atoms with Crippen molar-refractivity contribution in [1.29, 1.82) is 0 Å². The Morgan fingerprint density at radius 3 is 2.33 bits per heavy atom. The van der Waals surface area contributed by atoms with Gasteiger partial charge in [0, 0.05) is 5.92 Å². The molecule has 2 nitrogen and oxygen atoms in total. The predicted octanol–water partition coefficient (Wildman–Crippen LogP) is 8.81. The molecule has 4 aliphatic rings. The highest BCUT2D eigenvalue weighted by Crippen LogP contribution is 2.70. The van der Waals surface area contributed by atoms with Crippen LogP contribution in [0.3, 0.4) is 0 Å². The van der Waals surface area contributed by atoms with Crippen LogP contribution in [-0.4, -0.2) is 5.00 Å². The fourth-order valence-electron chi connectivity index (χ4n) is 9.57. The third kappa shape index (κ3) is 3.60. The van der Waals surface area contributed by atoms with Crippen molar-refractivity contribution in [3.8, 4) is 0 Å². The third-order valence-electron chi connectivity index (χ3n) is 11.0. The molecule has 0 aliphatic heterocycles. The fraction of sp³-hybridized carbons (Fsp3) is 1.00. The van der Waals surface area contributed by atoms with Crippen LogP contribution in [0.2, 0.25) is 0 Å². The maximum absolute atomic E-state index is 11.7. The Labute approximate surface area is 190 Å². The number of nitrogens with zero attached hydrogens (tertiary/aromatic N) is 1. The van der Waals surface area contributed by atoms with Gasteiger partial charge in [-0.25, -0.2) is 0 Å². The molecule has 0 amide bonds. The molecule has 4 saturated carbocycles. The van der Waals surface area contributed by atoms with Crippen LogP contribution in [-0.2, 0) is 0 Å². The van der Waals surface area contributed by atoms with E-state index >= 15 is 0 Å². The van der Waals surface area contributed by atoms with Crippen LogP contribution >= 0.6 is 11.6 Å². The monoisotopic (exact) mass is 435 g/mol. The van der Waals surface area contributed by atoms with Gasteiger partial charge >= 0.3 is 0 Å². The number of hydrogen-bond acceptors (Lipinski definition) is 2. The fourth-order valence-corrected chi connectivity index (χ4v) is 10.1. The van der Waals surface area contributed by atoms with E-state index in [0.717, 1.165) is 54.8 Å². The second-order valence-electron chi connectivity index (χ2n) is 12.8. The highest BCUT2D eigenvalue weighted by molar-refractivity contribution is 6.24. The van der Waals surface area contributed by atoms with Crippen molar-refractivity contribution in [2.75, 3.05) is 0 Å². The summed E-state index contributed by atoms with van der Waals surface area (Å²) in [4.78, 5) is 10.9. The molecule has 4 fully saturated rings. The summed E-state index contributed by atoms with van der Waals surface area (Å²) in [6.07, 6.45) is 15.3. The minimum absolute atomic E-state index is 0.221. The molecule has 0 spiro atoms. The number of halogens is 1. The molecule has 172 valence electrons. The Bertz CT molecular complexity index is 636. The lowest BCUT2D eigenvalue weighted by Gasteiger charge is -2.62. The highest BCUT2D eigenvalue weighted by atomic mass is 35.5. The number of nitroso groups, excluding NO2 is 1. The van der Waals surface area contributed by atoms with Crippen molar-refractivity contribution < 1.29 is 0 Å². The first-order valence-corrected chi connectivity index (χ1v) is 13.6. The second kappa shape index (κ2) is 8.35. The summed E-state index contributed by atoms with van der Waals surface area (Å²) in [6.45, 7) is 12.4. The standard InChI is InChI=1S/C27H46ClNO/c1-18(2)8-6-9-19(3)21-11-12-22-20-10-13-24-26(5,15-7-16-27(24,28)29-30)23(20)14-17-25(21,22)4/h18-24H,6-17H2,1-5H3. The van der Waals surface area contributed by atoms with Gasteiger partial charge in [-0.15, -0.1) is 4.91 Å². The molecule has 0 radical (unpaired) electrons. The summed E-state index contributed by atoms with van der Waals surface area (Å²) in [5.41, 5.74) is 0.760. The van der Waals surface area contributed by atoms with Crippen molar-refractivity contribution >= 4 is 11.6 Å². The predicted molar refractivity (Wildman–Crippen MR) is 127 cm³/mol. The van der Waals surface area contributed by atoms with E-state index in [1.807, 2.05) is 0 Å². The van der Waals surface area contributed by atoms with Gasteiger partial charge < -0.3 is 0 Å². The first-order valence-electron chi connectivity index (χ1n) is 13.2. The SMILES string of the molecule is CC(C)CCCC(C)C1CCC2C3CCC4C(Cl)(N=O)CCCC4(C)C3CCC12C. The zero-order valence-corrected chi connectivity index (χ0v) is 21.0. The Morgan fingerprint density at radius 2 is 1.63 bits per heavy atom. The van der Waals surface area contributed by atoms with Gasteiger partial charge in [-0.2, -0.15) is 0 Å². The Kier molecular flexibility index (Phi) is 6.42. The van der Waals surface area contributed by atoms with E-state index in [9.17, 15) is 4.91 Å². The smallest absolute Gasteiger partial charge is 0.149 e. The molecule has 0 aromatic carbocycles. The summed E-state index contributed by atoms with van der Waals surface area (Å²) in [6, 6.07) is 0. The lowest BCUT2D eigenvalue weighted by Crippen LogP contribution is -2.57. The molecule has 3 heteroatoms. The molecule has 30 heavy (non-hydrogen) atoms. The largest absolute Gasteiger partial charge is 0.178 e. The van der Waals surface area contributed by atoms with E-state index in [1.54, 1.807) is 0 Å². The van der Waals surface area contributed by atoms with Crippen LogP contribution in [0.4, 0.5) is 0 Å². The van der Waals surface area contributed by atoms with E-state index in [2.05, 4.69) is 39.8 Å². The second-order valence-corrected chi connectivity index (χ2v) is 13.5. The maximum atomic E-state index is 11.7. The average molecular weight is 436 g/mol. The van der Waals surface area contributed by atoms with Gasteiger partial charge in [-0.3, -0.25) is 0 Å². The Hall–Kier alpha value is -0.110. The summed E-state index contributed by atoms with van der Waals surface area (Å²) in [5, 5.41) is 3.52. The molecule has 0 saturated heterocycles. The topological polar surface area (TPSA) is 29.4 Å². The molecule has 0 N–H and O–H groups in total. The molecule has 0 aromatic heterocycles. The molecule has 4 aliphatic carbocycles. The lowest BCUT2D eigenvalue weighted by molar-refractivity contribution is -0.123. The van der Waals surface area contributed by atoms with Crippen molar-refractivity contribution in [3.63, 3.8) is 0 Å². The van der Waals surface area contributed by atoms with Gasteiger partial charge in [0.05, 0.1) is 0 Å². The molecular weight excluding hydrogens is 390 g/mol. The van der Waals surface area contributed by atoms with Gasteiger partial charge in [0.25, 0.3) is 0 Å². The quantitative estimate of drug-likeness (QED) is 0.232. The average Bonchev–Trinajstić information content (AvgIpc) is 3.05. The van der Waals surface area contributed by atoms with Gasteiger partial charge in [-0.1, -0.05) is 65.5 Å². The summed E-state index contributed by atoms with van der Waals surface area (Å²) >= 11 is 6.85. The normalized spacial score (nSPS) is 49.2. The van der Waals surface area contributed by atoms with E-state index in [1.165, 1.54) is 57.8 Å². The van der Waals surface area contributed by atoms with Crippen LogP contribution in [0.5, 0.6) is 0 Å². The van der Waals surface area contributed by atoms with E-state index in [0.29, 0.717) is 5.41 Å². The number of fused-ring (bicyclic) bond motifs is 5. The van der Waals surface area contributed by atoms with E-state index in [-0.39, 0.29) is 11.3 Å². The zero-order valence-electron chi connectivity index (χ0n) is 20.3. The molecule has 0 heterocycles. The maximum Gasteiger partial charge on any atom is 0.178 e. The van der Waals surface area contributed by atoms with Crippen LogP contribution in [0.15, 0.2) is 5.18 Å². The summed E-state index contributed by atoms with van der Waals surface area (Å²) in [7, 11) is 0. The van der Waals surface area contributed by atoms with Crippen LogP contribution in [0, 0.1) is 57.2 Å². The Morgan fingerprint density at radius 1 is 0.900 bits per heavy atom. The Balaban J connectivity index is 1.50. The lowest BCUT2D eigenvalue weighted by atomic mass is 9.44. The molecule has 9 atom stereocenters. The van der Waals surface area contributed by atoms with Crippen molar-refractivity contribution in [3.05, 3.63) is 4.91 Å². The van der Waals surface area contributed by atoms with Crippen LogP contribution < -0.4 is 0 Å². The summed E-state index contributed by atoms with van der Waals surface area (Å²) < 4.78 is 0. The van der Waals surface area contributed by atoms with Crippen molar-refractivity contribution in [2.24, 2.45) is 57.4 Å². The molecule has 0 aromatic rings. The van der Waals surface area contributed by atoms with E-state index in [4.69, 9.17) is 11.6 Å². The minimum Gasteiger partial charge on any atom is -0.149 e. The number of rotatable bonds is 6. The summed E-state index contributed by atoms with van der Waals surface area (Å²) in [5.74, 6) is 5.40. The van der Waals surface area contributed by atoms with Crippen LogP contribution in [0.25, 0.3) is 0 Å². The van der Waals surface area contributed by atoms with Gasteiger partial charge in [0.15, 0.2) is 5.00 Å². The van der Waals surface area contributed by atoms with Crippen LogP contribution in [0.1, 0.15) is 112 Å². The van der Waals surface area contributed by atoms with Crippen molar-refractivity contribution in [1.82, 2.24) is 0 Å². The van der Waals surface area contributed by atoms with E-state index < -0.39 is 5.00 Å². The molecular formula is C27H46ClNO. The third-order valence-corrected chi connectivity index (χ3v) is 11.5.